The van der Waals surface area contributed by atoms with E-state index in [0.717, 1.165) is 32.6 Å². The molecule has 2 aromatic rings. The summed E-state index contributed by atoms with van der Waals surface area (Å²) in [6.07, 6.45) is 0.783. The Labute approximate surface area is 180 Å². The molecule has 1 unspecified atom stereocenters. The summed E-state index contributed by atoms with van der Waals surface area (Å²) in [6.45, 7) is 7.66. The second-order valence-corrected chi connectivity index (χ2v) is 7.84. The summed E-state index contributed by atoms with van der Waals surface area (Å²) >= 11 is 0. The minimum atomic E-state index is -0.102. The maximum absolute atomic E-state index is 12.7. The number of piperazine rings is 1. The molecule has 1 fully saturated rings. The number of nitrogens with one attached hydrogen (secondary N) is 1. The van der Waals surface area contributed by atoms with Crippen LogP contribution in [0.2, 0.25) is 0 Å². The van der Waals surface area contributed by atoms with Crippen molar-refractivity contribution in [1.29, 1.82) is 0 Å². The van der Waals surface area contributed by atoms with E-state index in [1.54, 1.807) is 4.90 Å². The highest BCUT2D eigenvalue weighted by atomic mass is 16.3. The molecule has 1 heterocycles. The molecule has 30 heavy (non-hydrogen) atoms. The first-order chi connectivity index (χ1) is 14.7. The number of urea groups is 1. The van der Waals surface area contributed by atoms with E-state index >= 15 is 0 Å². The van der Waals surface area contributed by atoms with Crippen molar-refractivity contribution in [3.8, 4) is 0 Å². The molecule has 0 aliphatic carbocycles. The number of rotatable bonds is 9. The quantitative estimate of drug-likeness (QED) is 0.667. The van der Waals surface area contributed by atoms with Crippen molar-refractivity contribution in [2.24, 2.45) is 0 Å². The molecule has 2 aromatic carbocycles. The van der Waals surface area contributed by atoms with Crippen LogP contribution in [0, 0.1) is 0 Å². The Morgan fingerprint density at radius 3 is 2.27 bits per heavy atom. The van der Waals surface area contributed by atoms with Gasteiger partial charge in [-0.05, 0) is 31.0 Å². The van der Waals surface area contributed by atoms with Gasteiger partial charge >= 0.3 is 6.03 Å². The van der Waals surface area contributed by atoms with Crippen LogP contribution in [0.4, 0.5) is 10.5 Å². The monoisotopic (exact) mass is 410 g/mol. The third kappa shape index (κ3) is 6.47. The topological polar surface area (TPSA) is 59.1 Å². The first-order valence-electron chi connectivity index (χ1n) is 10.9. The van der Waals surface area contributed by atoms with E-state index in [1.165, 1.54) is 11.3 Å². The zero-order chi connectivity index (χ0) is 21.2. The number of hydrogen-bond acceptors (Lipinski definition) is 4. The SMILES string of the molecule is CC(CNC(=O)N(CCO)CCc1ccccc1)N1CCN(c2ccccc2)CC1. The van der Waals surface area contributed by atoms with E-state index in [2.05, 4.69) is 58.4 Å². The molecule has 0 aromatic heterocycles. The van der Waals surface area contributed by atoms with Crippen LogP contribution in [-0.4, -0.2) is 79.4 Å². The lowest BCUT2D eigenvalue weighted by Crippen LogP contribution is -2.53. The molecule has 1 saturated heterocycles. The van der Waals surface area contributed by atoms with Gasteiger partial charge in [-0.25, -0.2) is 4.79 Å². The normalized spacial score (nSPS) is 15.6. The van der Waals surface area contributed by atoms with Crippen molar-refractivity contribution >= 4 is 11.7 Å². The summed E-state index contributed by atoms with van der Waals surface area (Å²) in [5.41, 5.74) is 2.47. The lowest BCUT2D eigenvalue weighted by atomic mass is 10.1. The fourth-order valence-corrected chi connectivity index (χ4v) is 3.88. The van der Waals surface area contributed by atoms with Crippen LogP contribution >= 0.6 is 0 Å². The maximum atomic E-state index is 12.7. The Balaban J connectivity index is 1.42. The number of aliphatic hydroxyl groups is 1. The Kier molecular flexibility index (Phi) is 8.53. The fraction of sp³-hybridized carbons (Fsp3) is 0.458. The highest BCUT2D eigenvalue weighted by Gasteiger charge is 2.22. The number of carbonyl (C=O) groups excluding carboxylic acids is 1. The van der Waals surface area contributed by atoms with E-state index in [4.69, 9.17) is 0 Å². The van der Waals surface area contributed by atoms with E-state index in [9.17, 15) is 9.90 Å². The van der Waals surface area contributed by atoms with Crippen LogP contribution < -0.4 is 10.2 Å². The highest BCUT2D eigenvalue weighted by Crippen LogP contribution is 2.16. The van der Waals surface area contributed by atoms with Gasteiger partial charge in [-0.3, -0.25) is 4.90 Å². The summed E-state index contributed by atoms with van der Waals surface area (Å²) in [6, 6.07) is 20.8. The van der Waals surface area contributed by atoms with Gasteiger partial charge in [0.25, 0.3) is 0 Å². The van der Waals surface area contributed by atoms with E-state index in [1.807, 2.05) is 24.3 Å². The van der Waals surface area contributed by atoms with Crippen molar-refractivity contribution in [1.82, 2.24) is 15.1 Å². The average Bonchev–Trinajstić information content (AvgIpc) is 2.81. The molecule has 2 amide bonds. The van der Waals surface area contributed by atoms with E-state index in [0.29, 0.717) is 19.6 Å². The minimum Gasteiger partial charge on any atom is -0.395 e. The molecule has 2 N–H and O–H groups in total. The van der Waals surface area contributed by atoms with Crippen molar-refractivity contribution in [2.45, 2.75) is 19.4 Å². The van der Waals surface area contributed by atoms with Crippen molar-refractivity contribution in [3.63, 3.8) is 0 Å². The Morgan fingerprint density at radius 1 is 1.00 bits per heavy atom. The molecular weight excluding hydrogens is 376 g/mol. The summed E-state index contributed by atoms with van der Waals surface area (Å²) in [5.74, 6) is 0. The van der Waals surface area contributed by atoms with Gasteiger partial charge in [0, 0.05) is 57.5 Å². The summed E-state index contributed by atoms with van der Waals surface area (Å²) in [5, 5.41) is 12.4. The second kappa shape index (κ2) is 11.6. The molecule has 0 spiro atoms. The molecule has 3 rings (SSSR count). The van der Waals surface area contributed by atoms with Crippen LogP contribution in [0.25, 0.3) is 0 Å². The second-order valence-electron chi connectivity index (χ2n) is 7.84. The predicted molar refractivity (Wildman–Crippen MR) is 122 cm³/mol. The Bertz CT molecular complexity index is 748. The number of para-hydroxylation sites is 1. The molecular formula is C24H34N4O2. The smallest absolute Gasteiger partial charge is 0.317 e. The lowest BCUT2D eigenvalue weighted by molar-refractivity contribution is 0.166. The summed E-state index contributed by atoms with van der Waals surface area (Å²) in [7, 11) is 0. The zero-order valence-electron chi connectivity index (χ0n) is 17.9. The number of carbonyl (C=O) groups is 1. The first-order valence-corrected chi connectivity index (χ1v) is 10.9. The number of anilines is 1. The molecule has 6 nitrogen and oxygen atoms in total. The molecule has 0 saturated carbocycles. The molecule has 0 bridgehead atoms. The standard InChI is InChI=1S/C24H34N4O2/c1-21(26-14-16-27(17-15-26)23-10-6-3-7-11-23)20-25-24(30)28(18-19-29)13-12-22-8-4-2-5-9-22/h2-11,21,29H,12-20H2,1H3,(H,25,30). The van der Waals surface area contributed by atoms with Gasteiger partial charge < -0.3 is 20.2 Å². The van der Waals surface area contributed by atoms with Gasteiger partial charge in [-0.2, -0.15) is 0 Å². The Morgan fingerprint density at radius 2 is 1.63 bits per heavy atom. The van der Waals surface area contributed by atoms with Crippen LogP contribution in [0.3, 0.4) is 0 Å². The van der Waals surface area contributed by atoms with Crippen molar-refractivity contribution in [3.05, 3.63) is 66.2 Å². The first kappa shape index (κ1) is 22.1. The van der Waals surface area contributed by atoms with Gasteiger partial charge in [0.2, 0.25) is 0 Å². The van der Waals surface area contributed by atoms with Gasteiger partial charge in [0.1, 0.15) is 0 Å². The average molecular weight is 411 g/mol. The van der Waals surface area contributed by atoms with E-state index < -0.39 is 0 Å². The zero-order valence-corrected chi connectivity index (χ0v) is 17.9. The molecule has 1 atom stereocenters. The number of nitrogens with zero attached hydrogens (tertiary/aromatic N) is 3. The molecule has 0 radical (unpaired) electrons. The van der Waals surface area contributed by atoms with Crippen LogP contribution in [0.1, 0.15) is 12.5 Å². The number of aliphatic hydroxyl groups excluding tert-OH is 1. The van der Waals surface area contributed by atoms with Crippen LogP contribution in [-0.2, 0) is 6.42 Å². The molecule has 1 aliphatic rings. The largest absolute Gasteiger partial charge is 0.395 e. The van der Waals surface area contributed by atoms with Crippen molar-refractivity contribution in [2.75, 3.05) is 57.3 Å². The molecule has 6 heteroatoms. The van der Waals surface area contributed by atoms with Gasteiger partial charge in [-0.15, -0.1) is 0 Å². The lowest BCUT2D eigenvalue weighted by Gasteiger charge is -2.39. The van der Waals surface area contributed by atoms with Gasteiger partial charge in [0.15, 0.2) is 0 Å². The highest BCUT2D eigenvalue weighted by molar-refractivity contribution is 5.74. The molecule has 1 aliphatic heterocycles. The van der Waals surface area contributed by atoms with Crippen molar-refractivity contribution < 1.29 is 9.90 Å². The molecule has 162 valence electrons. The van der Waals surface area contributed by atoms with Gasteiger partial charge in [-0.1, -0.05) is 48.5 Å². The predicted octanol–water partition coefficient (Wildman–Crippen LogP) is 2.44. The summed E-state index contributed by atoms with van der Waals surface area (Å²) < 4.78 is 0. The van der Waals surface area contributed by atoms with Crippen LogP contribution in [0.15, 0.2) is 60.7 Å². The Hall–Kier alpha value is -2.57. The third-order valence-corrected chi connectivity index (χ3v) is 5.78. The van der Waals surface area contributed by atoms with Crippen LogP contribution in [0.5, 0.6) is 0 Å². The maximum Gasteiger partial charge on any atom is 0.317 e. The fourth-order valence-electron chi connectivity index (χ4n) is 3.88. The number of amides is 2. The minimum absolute atomic E-state index is 0.0286. The summed E-state index contributed by atoms with van der Waals surface area (Å²) in [4.78, 5) is 19.2. The third-order valence-electron chi connectivity index (χ3n) is 5.78. The van der Waals surface area contributed by atoms with Gasteiger partial charge in [0.05, 0.1) is 6.61 Å². The number of hydrogen-bond donors (Lipinski definition) is 2. The number of benzene rings is 2. The van der Waals surface area contributed by atoms with E-state index in [-0.39, 0.29) is 18.7 Å².